The van der Waals surface area contributed by atoms with Gasteiger partial charge in [-0.05, 0) is 102 Å². The second-order valence-electron chi connectivity index (χ2n) is 14.6. The zero-order valence-corrected chi connectivity index (χ0v) is 31.5. The highest BCUT2D eigenvalue weighted by Crippen LogP contribution is 2.43. The molecule has 0 aromatic heterocycles. The summed E-state index contributed by atoms with van der Waals surface area (Å²) >= 11 is 0. The molecule has 0 aliphatic rings. The highest BCUT2D eigenvalue weighted by molar-refractivity contribution is 6.32. The van der Waals surface area contributed by atoms with E-state index in [-0.39, 0.29) is 42.6 Å². The molecule has 2 aromatic carbocycles. The van der Waals surface area contributed by atoms with Gasteiger partial charge in [-0.25, -0.2) is 0 Å². The average Bonchev–Trinajstić information content (AvgIpc) is 2.94. The van der Waals surface area contributed by atoms with Crippen LogP contribution in [0.3, 0.4) is 0 Å². The monoisotopic (exact) mass is 712 g/mol. The normalized spacial score (nSPS) is 14.1. The molecule has 0 amide bonds. The predicted octanol–water partition coefficient (Wildman–Crippen LogP) is 10.1. The minimum absolute atomic E-state index is 0.00561. The van der Waals surface area contributed by atoms with E-state index in [0.29, 0.717) is 16.9 Å². The Morgan fingerprint density at radius 2 is 1.27 bits per heavy atom. The molecule has 0 saturated heterocycles. The molecule has 0 heterocycles. The van der Waals surface area contributed by atoms with Gasteiger partial charge in [-0.1, -0.05) is 78.7 Å². The fourth-order valence-electron chi connectivity index (χ4n) is 4.25. The number of benzene rings is 2. The highest BCUT2D eigenvalue weighted by atomic mass is 28.2. The number of alkyl halides is 6. The Bertz CT molecular complexity index is 1470. The van der Waals surface area contributed by atoms with Gasteiger partial charge >= 0.3 is 18.0 Å². The maximum absolute atomic E-state index is 13.0. The number of hydrogen-bond donors (Lipinski definition) is 1. The lowest BCUT2D eigenvalue weighted by Gasteiger charge is -2.37. The first-order valence-electron chi connectivity index (χ1n) is 15.5. The van der Waals surface area contributed by atoms with Crippen molar-refractivity contribution in [1.82, 2.24) is 0 Å². The quantitative estimate of drug-likeness (QED) is 0.143. The van der Waals surface area contributed by atoms with Crippen molar-refractivity contribution in [2.75, 3.05) is 0 Å². The fraction of sp³-hybridized carbons (Fsp3) is 0.556. The first kappa shape index (κ1) is 41.6. The first-order valence-corrected chi connectivity index (χ1v) is 17.3. The number of ether oxygens (including phenoxy) is 1. The molecule has 264 valence electrons. The van der Waals surface area contributed by atoms with E-state index in [1.54, 1.807) is 37.1 Å². The van der Waals surface area contributed by atoms with Crippen LogP contribution in [0.4, 0.5) is 26.3 Å². The Balaban J connectivity index is 2.43. The van der Waals surface area contributed by atoms with Gasteiger partial charge in [-0.2, -0.15) is 26.3 Å². The van der Waals surface area contributed by atoms with Gasteiger partial charge in [-0.15, -0.1) is 0 Å². The molecular formula is C36H46F6O4Si2. The molecule has 0 aliphatic heterocycles. The molecule has 1 N–H and O–H groups in total. The largest absolute Gasteiger partial charge is 0.489 e. The smallest absolute Gasteiger partial charge is 0.438 e. The van der Waals surface area contributed by atoms with E-state index in [2.05, 4.69) is 41.5 Å². The summed E-state index contributed by atoms with van der Waals surface area (Å²) < 4.78 is 97.2. The number of hydrogen-bond acceptors (Lipinski definition) is 4. The van der Waals surface area contributed by atoms with Crippen LogP contribution in [0, 0.1) is 11.8 Å². The standard InChI is InChI=1S/C36H46F6O4Si2/c1-12-25(16-14-20-34(43,35(37,38)39)36(40,41)42)26-15-13-17-27(22-26)44-23-24-18-19-28(32(8,9)45-47-30(2,3)4)29(21-24)33(10,11)46-48-31(5,6)7/h13,15-19,21-22,43H,12,23H2,1-11H3/b25-16+. The van der Waals surface area contributed by atoms with Crippen LogP contribution in [0.25, 0.3) is 5.57 Å². The van der Waals surface area contributed by atoms with E-state index >= 15 is 0 Å². The number of aliphatic hydroxyl groups is 1. The van der Waals surface area contributed by atoms with Crippen molar-refractivity contribution in [3.63, 3.8) is 0 Å². The summed E-state index contributed by atoms with van der Waals surface area (Å²) in [6.45, 7) is 22.8. The lowest BCUT2D eigenvalue weighted by Crippen LogP contribution is -2.55. The molecule has 0 bridgehead atoms. The van der Waals surface area contributed by atoms with Crippen LogP contribution in [-0.4, -0.2) is 42.6 Å². The van der Waals surface area contributed by atoms with Crippen LogP contribution < -0.4 is 4.74 Å². The van der Waals surface area contributed by atoms with Crippen LogP contribution in [0.5, 0.6) is 5.75 Å². The molecule has 0 atom stereocenters. The Kier molecular flexibility index (Phi) is 13.1. The molecule has 2 rings (SSSR count). The molecule has 0 fully saturated rings. The Morgan fingerprint density at radius 3 is 1.75 bits per heavy atom. The number of rotatable bonds is 11. The van der Waals surface area contributed by atoms with Crippen LogP contribution in [0.15, 0.2) is 48.5 Å². The fourth-order valence-corrected chi connectivity index (χ4v) is 5.59. The lowest BCUT2D eigenvalue weighted by molar-refractivity contribution is -0.343. The van der Waals surface area contributed by atoms with Gasteiger partial charge in [0.1, 0.15) is 12.4 Å². The van der Waals surface area contributed by atoms with Gasteiger partial charge in [-0.3, -0.25) is 0 Å². The van der Waals surface area contributed by atoms with Crippen LogP contribution in [-0.2, 0) is 26.7 Å². The number of allylic oxidation sites excluding steroid dienone is 2. The highest BCUT2D eigenvalue weighted by Gasteiger charge is 2.70. The Morgan fingerprint density at radius 1 is 0.750 bits per heavy atom. The van der Waals surface area contributed by atoms with E-state index in [9.17, 15) is 31.4 Å². The van der Waals surface area contributed by atoms with E-state index in [1.807, 2.05) is 45.9 Å². The zero-order valence-electron chi connectivity index (χ0n) is 29.5. The van der Waals surface area contributed by atoms with Crippen molar-refractivity contribution in [2.24, 2.45) is 0 Å². The molecule has 0 spiro atoms. The summed E-state index contributed by atoms with van der Waals surface area (Å²) in [6, 6.07) is 12.7. The third kappa shape index (κ3) is 11.5. The first-order chi connectivity index (χ1) is 21.6. The average molecular weight is 713 g/mol. The van der Waals surface area contributed by atoms with E-state index in [1.165, 1.54) is 0 Å². The summed E-state index contributed by atoms with van der Waals surface area (Å²) in [5.41, 5.74) is -2.73. The topological polar surface area (TPSA) is 47.9 Å². The van der Waals surface area contributed by atoms with Gasteiger partial charge in [0.15, 0.2) is 0 Å². The van der Waals surface area contributed by atoms with Crippen molar-refractivity contribution < 1.29 is 45.0 Å². The molecule has 48 heavy (non-hydrogen) atoms. The summed E-state index contributed by atoms with van der Waals surface area (Å²) in [7, 11) is 0.508. The Labute approximate surface area is 286 Å². The van der Waals surface area contributed by atoms with Crippen molar-refractivity contribution in [3.05, 3.63) is 70.8 Å². The third-order valence-electron chi connectivity index (χ3n) is 6.92. The van der Waals surface area contributed by atoms with Crippen LogP contribution in [0.1, 0.15) is 105 Å². The summed E-state index contributed by atoms with van der Waals surface area (Å²) in [5, 5.41) is 9.30. The summed E-state index contributed by atoms with van der Waals surface area (Å²) in [6.07, 6.45) is -10.9. The van der Waals surface area contributed by atoms with Gasteiger partial charge in [0, 0.05) is 0 Å². The molecule has 4 radical (unpaired) electrons. The van der Waals surface area contributed by atoms with Crippen molar-refractivity contribution >= 4 is 25.1 Å². The van der Waals surface area contributed by atoms with E-state index in [4.69, 9.17) is 13.6 Å². The molecule has 4 nitrogen and oxygen atoms in total. The second kappa shape index (κ2) is 15.1. The molecule has 0 saturated carbocycles. The maximum Gasteiger partial charge on any atom is 0.438 e. The van der Waals surface area contributed by atoms with Crippen LogP contribution in [0.2, 0.25) is 10.1 Å². The zero-order chi connectivity index (χ0) is 37.0. The third-order valence-corrected chi connectivity index (χ3v) is 9.37. The molecule has 2 aromatic rings. The van der Waals surface area contributed by atoms with Crippen molar-refractivity contribution in [2.45, 2.75) is 128 Å². The van der Waals surface area contributed by atoms with E-state index in [0.717, 1.165) is 28.7 Å². The molecule has 0 aliphatic carbocycles. The van der Waals surface area contributed by atoms with Gasteiger partial charge in [0.05, 0.1) is 11.2 Å². The summed E-state index contributed by atoms with van der Waals surface area (Å²) in [4.78, 5) is 0. The number of halogens is 6. The van der Waals surface area contributed by atoms with E-state index < -0.39 is 29.2 Å². The van der Waals surface area contributed by atoms with Crippen LogP contribution >= 0.6 is 0 Å². The van der Waals surface area contributed by atoms with Gasteiger partial charge in [0.25, 0.3) is 0 Å². The maximum atomic E-state index is 13.0. The van der Waals surface area contributed by atoms with Gasteiger partial charge < -0.3 is 18.7 Å². The van der Waals surface area contributed by atoms with Crippen molar-refractivity contribution in [3.8, 4) is 17.6 Å². The lowest BCUT2D eigenvalue weighted by atomic mass is 9.84. The SMILES string of the molecule is CC/C(=C\C#CC(O)(C(F)(F)F)C(F)(F)F)c1cccc(OCc2ccc(C(C)(C)O[Si]C(C)(C)C)c(C(C)(C)O[Si]C(C)(C)C)c2)c1. The molecule has 0 unspecified atom stereocenters. The predicted molar refractivity (Wildman–Crippen MR) is 179 cm³/mol. The molecule has 12 heteroatoms. The van der Waals surface area contributed by atoms with Gasteiger partial charge in [0.2, 0.25) is 19.5 Å². The minimum Gasteiger partial charge on any atom is -0.489 e. The van der Waals surface area contributed by atoms with Crippen molar-refractivity contribution in [1.29, 1.82) is 0 Å². The minimum atomic E-state index is -6.02. The molecular weight excluding hydrogens is 667 g/mol. The second-order valence-corrected chi connectivity index (χ2v) is 18.4. The summed E-state index contributed by atoms with van der Waals surface area (Å²) in [5.74, 6) is 3.18. The Hall–Kier alpha value is -2.57.